The van der Waals surface area contributed by atoms with Crippen LogP contribution in [0.15, 0.2) is 53.3 Å². The summed E-state index contributed by atoms with van der Waals surface area (Å²) in [4.78, 5) is 62.4. The van der Waals surface area contributed by atoms with Crippen LogP contribution in [0.1, 0.15) is 113 Å². The van der Waals surface area contributed by atoms with Crippen molar-refractivity contribution >= 4 is 46.0 Å². The summed E-state index contributed by atoms with van der Waals surface area (Å²) in [5.74, 6) is 0.934. The lowest BCUT2D eigenvalue weighted by molar-refractivity contribution is -0.176. The minimum atomic E-state index is -1.32. The van der Waals surface area contributed by atoms with Gasteiger partial charge in [0.05, 0.1) is 29.0 Å². The molecule has 4 aromatic rings. The fourth-order valence-electron chi connectivity index (χ4n) is 9.95. The van der Waals surface area contributed by atoms with Gasteiger partial charge in [-0.05, 0) is 125 Å². The molecule has 13 heteroatoms. The maximum Gasteiger partial charge on any atom is 0.415 e. The average molecular weight is 883 g/mol. The monoisotopic (exact) mass is 881 g/mol. The number of Topliss-reactive ketones (excluding diaryl/α,β-unsaturated/α-hetero) is 1. The number of amides is 1. The SMILES string of the molecule is CCCN(CCCl)c1ccc(CCCC(C)=O)cc1.CCc1c2c(nc3ccc(OC(=O)N4CCC(N5CCCCC5)CC4)cc13)-c1cc3c(c(=O)n1C2)COC(=O)[C@@]3(CC)OC. The Hall–Kier alpha value is -4.78. The smallest absolute Gasteiger partial charge is 0.415 e. The first kappa shape index (κ1) is 46.2. The summed E-state index contributed by atoms with van der Waals surface area (Å²) in [5.41, 5.74) is 6.22. The van der Waals surface area contributed by atoms with Crippen molar-refractivity contribution in [2.45, 2.75) is 123 Å². The Bertz CT molecular complexity index is 2320. The topological polar surface area (TPSA) is 124 Å². The maximum atomic E-state index is 13.8. The summed E-state index contributed by atoms with van der Waals surface area (Å²) in [6.45, 7) is 13.7. The molecule has 338 valence electrons. The van der Waals surface area contributed by atoms with Crippen LogP contribution in [0.3, 0.4) is 0 Å². The Morgan fingerprint density at radius 2 is 1.70 bits per heavy atom. The second-order valence-corrected chi connectivity index (χ2v) is 17.7. The standard InChI is InChI=1S/C34H40N4O6.C16H24ClNO/c1-4-23-24-17-22(44-33(41)37-15-11-21(12-16-37)36-13-7-6-8-14-36)9-10-28(24)35-30-25(23)19-38-29(30)18-27-26(31(38)39)20-43-32(40)34(27,5-2)42-3;1-3-12-18(13-11-17)16-9-7-15(8-10-16)6-4-5-14(2)19/h9-10,17-18,21H,4-8,11-16,19-20H2,1-3H3;7-10H,3-6,11-13H2,1-2H3/t34-;/m0./s1. The molecule has 0 N–H and O–H groups in total. The lowest BCUT2D eigenvalue weighted by Crippen LogP contribution is -2.48. The molecule has 0 aliphatic carbocycles. The van der Waals surface area contributed by atoms with E-state index in [1.165, 1.54) is 50.7 Å². The van der Waals surface area contributed by atoms with Crippen molar-refractivity contribution in [1.29, 1.82) is 0 Å². The highest BCUT2D eigenvalue weighted by Crippen LogP contribution is 2.42. The van der Waals surface area contributed by atoms with Crippen LogP contribution in [0.2, 0.25) is 0 Å². The third-order valence-corrected chi connectivity index (χ3v) is 13.6. The molecular formula is C50H64ClN5O7. The highest BCUT2D eigenvalue weighted by atomic mass is 35.5. The fourth-order valence-corrected chi connectivity index (χ4v) is 10.2. The number of fused-ring (bicyclic) bond motifs is 5. The van der Waals surface area contributed by atoms with Crippen molar-refractivity contribution in [2.75, 3.05) is 57.2 Å². The minimum Gasteiger partial charge on any atom is -0.458 e. The van der Waals surface area contributed by atoms with Crippen LogP contribution < -0.4 is 15.2 Å². The van der Waals surface area contributed by atoms with Gasteiger partial charge in [0, 0.05) is 73.8 Å². The zero-order chi connectivity index (χ0) is 44.7. The predicted molar refractivity (Wildman–Crippen MR) is 248 cm³/mol. The Morgan fingerprint density at radius 1 is 0.952 bits per heavy atom. The number of methoxy groups -OCH3 is 1. The van der Waals surface area contributed by atoms with Gasteiger partial charge in [-0.1, -0.05) is 39.3 Å². The lowest BCUT2D eigenvalue weighted by atomic mass is 9.85. The van der Waals surface area contributed by atoms with E-state index in [1.807, 2.05) is 30.0 Å². The van der Waals surface area contributed by atoms with Crippen LogP contribution in [0.25, 0.3) is 22.3 Å². The van der Waals surface area contributed by atoms with E-state index in [4.69, 9.17) is 30.8 Å². The molecular weight excluding hydrogens is 818 g/mol. The number of ketones is 1. The van der Waals surface area contributed by atoms with Crippen molar-refractivity contribution in [3.8, 4) is 17.1 Å². The number of rotatable bonds is 14. The number of hydrogen-bond acceptors (Lipinski definition) is 10. The van der Waals surface area contributed by atoms with Crippen LogP contribution in [-0.2, 0) is 50.7 Å². The van der Waals surface area contributed by atoms with E-state index in [0.29, 0.717) is 73.4 Å². The Labute approximate surface area is 376 Å². The Balaban J connectivity index is 0.000000264. The van der Waals surface area contributed by atoms with Crippen LogP contribution in [0.5, 0.6) is 5.75 Å². The summed E-state index contributed by atoms with van der Waals surface area (Å²) >= 11 is 5.84. The molecule has 0 radical (unpaired) electrons. The van der Waals surface area contributed by atoms with Gasteiger partial charge in [-0.15, -0.1) is 11.6 Å². The number of anilines is 1. The number of benzene rings is 2. The number of esters is 1. The zero-order valence-electron chi connectivity index (χ0n) is 37.8. The number of nitrogens with zero attached hydrogens (tertiary/aromatic N) is 5. The third kappa shape index (κ3) is 9.83. The molecule has 0 spiro atoms. The number of carbonyl (C=O) groups is 3. The molecule has 0 bridgehead atoms. The molecule has 1 atom stereocenters. The molecule has 2 saturated heterocycles. The highest BCUT2D eigenvalue weighted by molar-refractivity contribution is 6.18. The predicted octanol–water partition coefficient (Wildman–Crippen LogP) is 8.80. The summed E-state index contributed by atoms with van der Waals surface area (Å²) in [6.07, 6.45) is 10.3. The number of hydrogen-bond donors (Lipinski definition) is 0. The minimum absolute atomic E-state index is 0.0740. The second kappa shape index (κ2) is 20.8. The molecule has 6 heterocycles. The van der Waals surface area contributed by atoms with Crippen molar-refractivity contribution in [1.82, 2.24) is 19.4 Å². The number of alkyl halides is 1. The molecule has 8 rings (SSSR count). The van der Waals surface area contributed by atoms with Crippen LogP contribution >= 0.6 is 11.6 Å². The van der Waals surface area contributed by atoms with E-state index >= 15 is 0 Å². The Kier molecular flexibility index (Phi) is 15.3. The van der Waals surface area contributed by atoms with E-state index < -0.39 is 11.6 Å². The number of cyclic esters (lactones) is 1. The molecule has 1 amide bonds. The number of likely N-dealkylation sites (tertiary alicyclic amines) is 2. The fraction of sp³-hybridized carbons (Fsp3) is 0.540. The lowest BCUT2D eigenvalue weighted by Gasteiger charge is -2.39. The number of halogens is 1. The van der Waals surface area contributed by atoms with Gasteiger partial charge in [0.25, 0.3) is 5.56 Å². The molecule has 0 unspecified atom stereocenters. The molecule has 12 nitrogen and oxygen atoms in total. The average Bonchev–Trinajstić information content (AvgIpc) is 3.67. The summed E-state index contributed by atoms with van der Waals surface area (Å²) in [7, 11) is 1.47. The van der Waals surface area contributed by atoms with E-state index in [1.54, 1.807) is 17.6 Å². The van der Waals surface area contributed by atoms with E-state index in [2.05, 4.69) is 47.9 Å². The van der Waals surface area contributed by atoms with Gasteiger partial charge in [-0.2, -0.15) is 0 Å². The number of aryl methyl sites for hydroxylation is 2. The number of pyridine rings is 2. The maximum absolute atomic E-state index is 13.8. The van der Waals surface area contributed by atoms with Crippen molar-refractivity contribution in [3.05, 3.63) is 86.7 Å². The van der Waals surface area contributed by atoms with E-state index in [0.717, 1.165) is 72.9 Å². The normalized spacial score (nSPS) is 18.5. The van der Waals surface area contributed by atoms with Gasteiger partial charge in [-0.3, -0.25) is 4.79 Å². The van der Waals surface area contributed by atoms with Gasteiger partial charge in [0.2, 0.25) is 0 Å². The highest BCUT2D eigenvalue weighted by Gasteiger charge is 2.47. The number of piperidine rings is 2. The van der Waals surface area contributed by atoms with Crippen molar-refractivity contribution < 1.29 is 28.6 Å². The number of carbonyl (C=O) groups excluding carboxylic acids is 3. The molecule has 2 fully saturated rings. The second-order valence-electron chi connectivity index (χ2n) is 17.3. The Morgan fingerprint density at radius 3 is 2.35 bits per heavy atom. The van der Waals surface area contributed by atoms with E-state index in [-0.39, 0.29) is 24.0 Å². The van der Waals surface area contributed by atoms with Crippen molar-refractivity contribution in [3.63, 3.8) is 0 Å². The van der Waals surface area contributed by atoms with Gasteiger partial charge < -0.3 is 38.3 Å². The van der Waals surface area contributed by atoms with Gasteiger partial charge >= 0.3 is 12.1 Å². The first-order valence-corrected chi connectivity index (χ1v) is 23.6. The molecule has 63 heavy (non-hydrogen) atoms. The molecule has 2 aromatic carbocycles. The van der Waals surface area contributed by atoms with Gasteiger partial charge in [0.15, 0.2) is 5.60 Å². The number of aromatic nitrogens is 2. The number of ether oxygens (including phenoxy) is 3. The van der Waals surface area contributed by atoms with Crippen LogP contribution in [0, 0.1) is 0 Å². The first-order chi connectivity index (χ1) is 30.5. The largest absolute Gasteiger partial charge is 0.458 e. The quantitative estimate of drug-likeness (QED) is 0.0790. The molecule has 4 aliphatic rings. The van der Waals surface area contributed by atoms with E-state index in [9.17, 15) is 19.2 Å². The van der Waals surface area contributed by atoms with Crippen molar-refractivity contribution in [2.24, 2.45) is 0 Å². The van der Waals surface area contributed by atoms with Crippen LogP contribution in [0.4, 0.5) is 10.5 Å². The molecule has 0 saturated carbocycles. The summed E-state index contributed by atoms with van der Waals surface area (Å²) in [5, 5.41) is 0.907. The first-order valence-electron chi connectivity index (χ1n) is 23.1. The van der Waals surface area contributed by atoms with Crippen LogP contribution in [-0.4, -0.2) is 95.5 Å². The summed E-state index contributed by atoms with van der Waals surface area (Å²) in [6, 6.07) is 16.6. The summed E-state index contributed by atoms with van der Waals surface area (Å²) < 4.78 is 18.7. The molecule has 2 aromatic heterocycles. The van der Waals surface area contributed by atoms with Gasteiger partial charge in [0.1, 0.15) is 18.1 Å². The van der Waals surface area contributed by atoms with Gasteiger partial charge in [-0.25, -0.2) is 14.6 Å². The molecule has 4 aliphatic heterocycles. The zero-order valence-corrected chi connectivity index (χ0v) is 38.6. The third-order valence-electron chi connectivity index (χ3n) is 13.4.